The zero-order chi connectivity index (χ0) is 51.1. The van der Waals surface area contributed by atoms with E-state index in [2.05, 4.69) is 309 Å². The fourth-order valence-corrected chi connectivity index (χ4v) is 13.9. The van der Waals surface area contributed by atoms with Crippen LogP contribution in [0.3, 0.4) is 0 Å². The summed E-state index contributed by atoms with van der Waals surface area (Å²) in [5.41, 5.74) is 28.2. The molecule has 362 valence electrons. The third-order valence-corrected chi connectivity index (χ3v) is 17.4. The summed E-state index contributed by atoms with van der Waals surface area (Å²) in [7, 11) is 2.15. The Bertz CT molecular complexity index is 3890. The third kappa shape index (κ3) is 6.73. The van der Waals surface area contributed by atoms with Gasteiger partial charge in [-0.1, -0.05) is 249 Å². The summed E-state index contributed by atoms with van der Waals surface area (Å²) in [6.07, 6.45) is 0. The Morgan fingerprint density at radius 2 is 0.584 bits per heavy atom. The third-order valence-electron chi connectivity index (χ3n) is 17.4. The lowest BCUT2D eigenvalue weighted by Gasteiger charge is -2.34. The molecule has 0 radical (unpaired) electrons. The van der Waals surface area contributed by atoms with Crippen LogP contribution in [0.2, 0.25) is 0 Å². The van der Waals surface area contributed by atoms with Crippen LogP contribution in [0.15, 0.2) is 297 Å². The van der Waals surface area contributed by atoms with Gasteiger partial charge in [-0.25, -0.2) is 0 Å². The molecular formula is C76H53N. The molecule has 0 spiro atoms. The molecule has 0 saturated carbocycles. The minimum atomic E-state index is -0.482. The van der Waals surface area contributed by atoms with Gasteiger partial charge in [0.1, 0.15) is 0 Å². The number of hydrogen-bond acceptors (Lipinski definition) is 1. The molecule has 1 heteroatoms. The molecule has 12 aromatic carbocycles. The van der Waals surface area contributed by atoms with Gasteiger partial charge in [0, 0.05) is 24.3 Å². The zero-order valence-electron chi connectivity index (χ0n) is 42.8. The van der Waals surface area contributed by atoms with Gasteiger partial charge in [-0.05, 0) is 165 Å². The predicted octanol–water partition coefficient (Wildman–Crippen LogP) is 18.7. The summed E-state index contributed by atoms with van der Waals surface area (Å²) in [4.78, 5) is 2.26. The Kier molecular flexibility index (Phi) is 10.4. The van der Waals surface area contributed by atoms with Crippen molar-refractivity contribution < 1.29 is 0 Å². The number of hydrogen-bond donors (Lipinski definition) is 0. The van der Waals surface area contributed by atoms with Crippen LogP contribution in [0.5, 0.6) is 0 Å². The topological polar surface area (TPSA) is 3.24 Å². The first kappa shape index (κ1) is 44.9. The van der Waals surface area contributed by atoms with Crippen molar-refractivity contribution in [2.45, 2.75) is 16.7 Å². The molecule has 0 fully saturated rings. The quantitative estimate of drug-likeness (QED) is 0.139. The van der Waals surface area contributed by atoms with E-state index in [0.29, 0.717) is 0 Å². The molecule has 77 heavy (non-hydrogen) atoms. The highest BCUT2D eigenvalue weighted by atomic mass is 15.1. The molecule has 0 bridgehead atoms. The first-order valence-electron chi connectivity index (χ1n) is 27.0. The predicted molar refractivity (Wildman–Crippen MR) is 319 cm³/mol. The minimum Gasteiger partial charge on any atom is -0.345 e. The SMILES string of the molecule is CN(c1ccccc1)c1ccc(C2c3ccc(-c4ccc5c(c4)C(c4ccccc4)(c4ccccc4)c4ccccc4-5)cc3-c3cc(-c4ccc5c(c4)C(c4ccccc4)(c4ccccc4)c4ccccc4-5)ccc32)cc1. The summed E-state index contributed by atoms with van der Waals surface area (Å²) in [6, 6.07) is 111. The molecule has 12 aromatic rings. The monoisotopic (exact) mass is 979 g/mol. The van der Waals surface area contributed by atoms with Gasteiger partial charge in [-0.3, -0.25) is 0 Å². The van der Waals surface area contributed by atoms with E-state index in [9.17, 15) is 0 Å². The van der Waals surface area contributed by atoms with Gasteiger partial charge < -0.3 is 4.90 Å². The fourth-order valence-electron chi connectivity index (χ4n) is 13.9. The van der Waals surface area contributed by atoms with Crippen LogP contribution in [0.25, 0.3) is 55.6 Å². The van der Waals surface area contributed by atoms with Crippen molar-refractivity contribution in [3.63, 3.8) is 0 Å². The lowest BCUT2D eigenvalue weighted by Crippen LogP contribution is -2.28. The van der Waals surface area contributed by atoms with Gasteiger partial charge in [-0.2, -0.15) is 0 Å². The number of rotatable bonds is 9. The van der Waals surface area contributed by atoms with E-state index in [-0.39, 0.29) is 5.92 Å². The summed E-state index contributed by atoms with van der Waals surface area (Å²) >= 11 is 0. The van der Waals surface area contributed by atoms with Crippen LogP contribution in [-0.4, -0.2) is 7.05 Å². The second kappa shape index (κ2) is 17.8. The van der Waals surface area contributed by atoms with Gasteiger partial charge in [-0.15, -0.1) is 0 Å². The van der Waals surface area contributed by atoms with Crippen LogP contribution in [-0.2, 0) is 10.8 Å². The molecule has 1 nitrogen and oxygen atoms in total. The summed E-state index contributed by atoms with van der Waals surface area (Å²) in [6.45, 7) is 0. The largest absolute Gasteiger partial charge is 0.345 e. The van der Waals surface area contributed by atoms with Gasteiger partial charge in [0.05, 0.1) is 10.8 Å². The number of nitrogens with zero attached hydrogens (tertiary/aromatic N) is 1. The van der Waals surface area contributed by atoms with E-state index < -0.39 is 10.8 Å². The summed E-state index contributed by atoms with van der Waals surface area (Å²) < 4.78 is 0. The molecule has 3 aliphatic carbocycles. The molecule has 0 aromatic heterocycles. The Morgan fingerprint density at radius 1 is 0.260 bits per heavy atom. The Labute approximate surface area is 451 Å². The van der Waals surface area contributed by atoms with Crippen molar-refractivity contribution in [3.05, 3.63) is 358 Å². The maximum atomic E-state index is 2.50. The van der Waals surface area contributed by atoms with Crippen molar-refractivity contribution in [2.75, 3.05) is 11.9 Å². The van der Waals surface area contributed by atoms with Gasteiger partial charge in [0.25, 0.3) is 0 Å². The second-order valence-electron chi connectivity index (χ2n) is 21.1. The first-order chi connectivity index (χ1) is 38.1. The van der Waals surface area contributed by atoms with Gasteiger partial charge in [0.15, 0.2) is 0 Å². The maximum Gasteiger partial charge on any atom is 0.0713 e. The highest BCUT2D eigenvalue weighted by Gasteiger charge is 2.48. The number of benzene rings is 12. The highest BCUT2D eigenvalue weighted by Crippen LogP contribution is 2.59. The molecule has 0 aliphatic heterocycles. The molecule has 15 rings (SSSR count). The van der Waals surface area contributed by atoms with Crippen LogP contribution in [0.1, 0.15) is 67.1 Å². The molecule has 0 heterocycles. The van der Waals surface area contributed by atoms with E-state index in [4.69, 9.17) is 0 Å². The smallest absolute Gasteiger partial charge is 0.0713 e. The lowest BCUT2D eigenvalue weighted by atomic mass is 9.67. The molecule has 0 atom stereocenters. The second-order valence-corrected chi connectivity index (χ2v) is 21.1. The molecular weight excluding hydrogens is 927 g/mol. The minimum absolute atomic E-state index is 0.0656. The maximum absolute atomic E-state index is 2.50. The van der Waals surface area contributed by atoms with Crippen molar-refractivity contribution in [1.29, 1.82) is 0 Å². The van der Waals surface area contributed by atoms with Gasteiger partial charge >= 0.3 is 0 Å². The number of anilines is 2. The Balaban J connectivity index is 0.904. The van der Waals surface area contributed by atoms with E-state index in [1.165, 1.54) is 117 Å². The molecule has 0 unspecified atom stereocenters. The molecule has 0 amide bonds. The lowest BCUT2D eigenvalue weighted by molar-refractivity contribution is 0.769. The summed E-state index contributed by atoms with van der Waals surface area (Å²) in [5.74, 6) is 0.0656. The average Bonchev–Trinajstić information content (AvgIpc) is 4.24. The zero-order valence-corrected chi connectivity index (χ0v) is 42.8. The van der Waals surface area contributed by atoms with Crippen LogP contribution in [0.4, 0.5) is 11.4 Å². The van der Waals surface area contributed by atoms with E-state index in [1.807, 2.05) is 0 Å². The van der Waals surface area contributed by atoms with Gasteiger partial charge in [0.2, 0.25) is 0 Å². The van der Waals surface area contributed by atoms with Crippen molar-refractivity contribution >= 4 is 11.4 Å². The van der Waals surface area contributed by atoms with Crippen molar-refractivity contribution in [3.8, 4) is 55.6 Å². The van der Waals surface area contributed by atoms with Crippen LogP contribution >= 0.6 is 0 Å². The Hall–Kier alpha value is -9.56. The number of fused-ring (bicyclic) bond motifs is 9. The Morgan fingerprint density at radius 3 is 1.00 bits per heavy atom. The highest BCUT2D eigenvalue weighted by molar-refractivity contribution is 5.93. The van der Waals surface area contributed by atoms with Crippen LogP contribution in [0, 0.1) is 0 Å². The first-order valence-corrected chi connectivity index (χ1v) is 27.0. The normalized spacial score (nSPS) is 13.9. The van der Waals surface area contributed by atoms with Crippen molar-refractivity contribution in [2.24, 2.45) is 0 Å². The van der Waals surface area contributed by atoms with E-state index >= 15 is 0 Å². The fraction of sp³-hybridized carbons (Fsp3) is 0.0526. The van der Waals surface area contributed by atoms with E-state index in [0.717, 1.165) is 11.4 Å². The van der Waals surface area contributed by atoms with E-state index in [1.54, 1.807) is 0 Å². The average molecular weight is 980 g/mol. The molecule has 0 N–H and O–H groups in total. The number of para-hydroxylation sites is 1. The molecule has 0 saturated heterocycles. The summed E-state index contributed by atoms with van der Waals surface area (Å²) in [5, 5.41) is 0. The standard InChI is InChI=1S/C76H53N/c1-77(60-29-15-6-16-30-60)61-41-35-51(36-42-61)74-66-45-39-52(54-37-43-64-62-31-17-19-33-70(62)75(72(64)49-54,56-21-7-2-8-22-56)57-23-9-3-10-24-57)47-68(66)69-48-53(40-46-67(69)74)55-38-44-65-63-32-18-20-34-71(63)76(73(65)50-55,58-25-11-4-12-26-58)59-27-13-5-14-28-59/h2-50,74H,1H3. The molecule has 3 aliphatic rings. The van der Waals surface area contributed by atoms with Crippen molar-refractivity contribution in [1.82, 2.24) is 0 Å². The van der Waals surface area contributed by atoms with Crippen LogP contribution < -0.4 is 4.90 Å².